The van der Waals surface area contributed by atoms with Crippen LogP contribution in [0.4, 0.5) is 5.00 Å². The fourth-order valence-corrected chi connectivity index (χ4v) is 5.24. The van der Waals surface area contributed by atoms with Crippen molar-refractivity contribution in [3.05, 3.63) is 53.4 Å². The third-order valence-electron chi connectivity index (χ3n) is 6.31. The molecular formula is C23H33IN4OS. The second-order valence-electron chi connectivity index (χ2n) is 8.04. The minimum atomic E-state index is 0. The van der Waals surface area contributed by atoms with Crippen LogP contribution in [0.25, 0.3) is 0 Å². The van der Waals surface area contributed by atoms with E-state index in [0.717, 1.165) is 64.5 Å². The summed E-state index contributed by atoms with van der Waals surface area (Å²) in [5, 5.41) is 10.8. The molecule has 7 heteroatoms. The number of hydrogen-bond donors (Lipinski definition) is 2. The molecular weight excluding hydrogens is 507 g/mol. The highest BCUT2D eigenvalue weighted by atomic mass is 127. The molecule has 5 nitrogen and oxygen atoms in total. The fraction of sp³-hybridized carbons (Fsp3) is 0.522. The lowest BCUT2D eigenvalue weighted by Gasteiger charge is -2.39. The maximum absolute atomic E-state index is 5.66. The van der Waals surface area contributed by atoms with Crippen molar-refractivity contribution in [1.82, 2.24) is 10.6 Å². The van der Waals surface area contributed by atoms with Crippen LogP contribution in [-0.4, -0.2) is 51.9 Å². The Balaban J connectivity index is 0.00000256. The van der Waals surface area contributed by atoms with E-state index in [-0.39, 0.29) is 29.4 Å². The molecule has 1 aromatic heterocycles. The number of benzene rings is 1. The predicted molar refractivity (Wildman–Crippen MR) is 138 cm³/mol. The zero-order valence-corrected chi connectivity index (χ0v) is 20.8. The number of guanidine groups is 1. The molecule has 2 saturated heterocycles. The minimum absolute atomic E-state index is 0. The average molecular weight is 541 g/mol. The number of hydrogen-bond acceptors (Lipinski definition) is 4. The summed E-state index contributed by atoms with van der Waals surface area (Å²) in [4.78, 5) is 7.00. The van der Waals surface area contributed by atoms with E-state index in [1.165, 1.54) is 10.6 Å². The monoisotopic (exact) mass is 540 g/mol. The van der Waals surface area contributed by atoms with Crippen molar-refractivity contribution in [3.63, 3.8) is 0 Å². The molecule has 164 valence electrons. The fourth-order valence-electron chi connectivity index (χ4n) is 4.46. The van der Waals surface area contributed by atoms with E-state index in [9.17, 15) is 0 Å². The molecule has 1 aromatic carbocycles. The average Bonchev–Trinajstić information content (AvgIpc) is 3.33. The lowest BCUT2D eigenvalue weighted by Crippen LogP contribution is -2.52. The molecule has 2 fully saturated rings. The molecule has 2 aliphatic heterocycles. The predicted octanol–water partition coefficient (Wildman–Crippen LogP) is 4.25. The number of rotatable bonds is 5. The van der Waals surface area contributed by atoms with Gasteiger partial charge in [0.25, 0.3) is 0 Å². The van der Waals surface area contributed by atoms with E-state index in [4.69, 9.17) is 4.74 Å². The molecule has 0 radical (unpaired) electrons. The van der Waals surface area contributed by atoms with Crippen molar-refractivity contribution in [2.24, 2.45) is 4.99 Å². The van der Waals surface area contributed by atoms with Crippen LogP contribution in [0.1, 0.15) is 31.2 Å². The van der Waals surface area contributed by atoms with Crippen molar-refractivity contribution in [1.29, 1.82) is 0 Å². The summed E-state index contributed by atoms with van der Waals surface area (Å²) in [7, 11) is 1.87. The number of piperidine rings is 1. The van der Waals surface area contributed by atoms with E-state index < -0.39 is 0 Å². The second-order valence-corrected chi connectivity index (χ2v) is 8.97. The smallest absolute Gasteiger partial charge is 0.191 e. The van der Waals surface area contributed by atoms with Gasteiger partial charge >= 0.3 is 0 Å². The van der Waals surface area contributed by atoms with Gasteiger partial charge in [-0.2, -0.15) is 0 Å². The summed E-state index contributed by atoms with van der Waals surface area (Å²) in [5.74, 6) is 0.918. The van der Waals surface area contributed by atoms with Crippen LogP contribution in [0.3, 0.4) is 0 Å². The molecule has 0 spiro atoms. The highest BCUT2D eigenvalue weighted by Crippen LogP contribution is 2.34. The van der Waals surface area contributed by atoms with Crippen LogP contribution in [0.15, 0.2) is 52.8 Å². The van der Waals surface area contributed by atoms with E-state index in [0.29, 0.717) is 6.04 Å². The third-order valence-corrected chi connectivity index (χ3v) is 7.24. The Morgan fingerprint density at radius 1 is 1.13 bits per heavy atom. The Morgan fingerprint density at radius 2 is 1.87 bits per heavy atom. The SMILES string of the molecule is CN=C(NCC1(c2ccccc2)CCOCC1)NC1CCN(c2cccs2)CC1.I. The molecule has 2 aromatic rings. The van der Waals surface area contributed by atoms with Gasteiger partial charge in [-0.25, -0.2) is 0 Å². The Kier molecular flexibility index (Phi) is 8.83. The van der Waals surface area contributed by atoms with Gasteiger partial charge in [-0.05, 0) is 48.8 Å². The number of nitrogens with one attached hydrogen (secondary N) is 2. The summed E-state index contributed by atoms with van der Waals surface area (Å²) < 4.78 is 5.66. The Morgan fingerprint density at radius 3 is 2.50 bits per heavy atom. The van der Waals surface area contributed by atoms with E-state index >= 15 is 0 Å². The van der Waals surface area contributed by atoms with Crippen LogP contribution in [0.2, 0.25) is 0 Å². The van der Waals surface area contributed by atoms with Gasteiger partial charge in [-0.1, -0.05) is 30.3 Å². The minimum Gasteiger partial charge on any atom is -0.381 e. The number of aliphatic imine (C=N–C) groups is 1. The standard InChI is InChI=1S/C23H32N4OS.HI/c1-24-22(26-20-9-13-27(14-10-20)21-8-5-17-29-21)25-18-23(11-15-28-16-12-23)19-6-3-2-4-7-19;/h2-8,17,20H,9-16,18H2,1H3,(H2,24,25,26);1H. The zero-order chi connectivity index (χ0) is 19.9. The largest absolute Gasteiger partial charge is 0.381 e. The normalized spacial score (nSPS) is 19.8. The molecule has 2 N–H and O–H groups in total. The van der Waals surface area contributed by atoms with Gasteiger partial charge in [0.05, 0.1) is 5.00 Å². The van der Waals surface area contributed by atoms with Gasteiger partial charge in [-0.3, -0.25) is 4.99 Å². The quantitative estimate of drug-likeness (QED) is 0.339. The lowest BCUT2D eigenvalue weighted by atomic mass is 9.74. The summed E-state index contributed by atoms with van der Waals surface area (Å²) in [5.41, 5.74) is 1.51. The Bertz CT molecular complexity index is 770. The highest BCUT2D eigenvalue weighted by molar-refractivity contribution is 14.0. The molecule has 0 amide bonds. The Hall–Kier alpha value is -1.32. The van der Waals surface area contributed by atoms with Crippen molar-refractivity contribution >= 4 is 46.3 Å². The molecule has 2 aliphatic rings. The van der Waals surface area contributed by atoms with Crippen LogP contribution in [0, 0.1) is 0 Å². The summed E-state index contributed by atoms with van der Waals surface area (Å²) in [6.07, 6.45) is 4.35. The van der Waals surface area contributed by atoms with Gasteiger partial charge in [0.15, 0.2) is 5.96 Å². The summed E-state index contributed by atoms with van der Waals surface area (Å²) in [6, 6.07) is 15.7. The molecule has 3 heterocycles. The first-order valence-corrected chi connectivity index (χ1v) is 11.6. The van der Waals surface area contributed by atoms with Gasteiger partial charge in [0.2, 0.25) is 0 Å². The van der Waals surface area contributed by atoms with Crippen molar-refractivity contribution < 1.29 is 4.74 Å². The topological polar surface area (TPSA) is 48.9 Å². The van der Waals surface area contributed by atoms with E-state index in [2.05, 4.69) is 68.4 Å². The highest BCUT2D eigenvalue weighted by Gasteiger charge is 2.34. The number of anilines is 1. The number of halogens is 1. The first kappa shape index (κ1) is 23.3. The number of nitrogens with zero attached hydrogens (tertiary/aromatic N) is 2. The van der Waals surface area contributed by atoms with Gasteiger partial charge < -0.3 is 20.3 Å². The number of ether oxygens (including phenoxy) is 1. The van der Waals surface area contributed by atoms with Gasteiger partial charge in [0, 0.05) is 51.4 Å². The number of thiophene rings is 1. The molecule has 0 unspecified atom stereocenters. The molecule has 4 rings (SSSR count). The van der Waals surface area contributed by atoms with E-state index in [1.807, 2.05) is 18.4 Å². The molecule has 0 saturated carbocycles. The van der Waals surface area contributed by atoms with Crippen molar-refractivity contribution in [3.8, 4) is 0 Å². The lowest BCUT2D eigenvalue weighted by molar-refractivity contribution is 0.0513. The van der Waals surface area contributed by atoms with Crippen LogP contribution < -0.4 is 15.5 Å². The van der Waals surface area contributed by atoms with Crippen molar-refractivity contribution in [2.45, 2.75) is 37.1 Å². The van der Waals surface area contributed by atoms with Crippen LogP contribution in [-0.2, 0) is 10.2 Å². The second kappa shape index (κ2) is 11.3. The molecule has 0 bridgehead atoms. The molecule has 0 aliphatic carbocycles. The first-order valence-electron chi connectivity index (χ1n) is 10.7. The van der Waals surface area contributed by atoms with Gasteiger partial charge in [-0.15, -0.1) is 35.3 Å². The first-order chi connectivity index (χ1) is 14.3. The van der Waals surface area contributed by atoms with Crippen LogP contribution >= 0.6 is 35.3 Å². The third kappa shape index (κ3) is 5.68. The molecule has 30 heavy (non-hydrogen) atoms. The van der Waals surface area contributed by atoms with Crippen molar-refractivity contribution in [2.75, 3.05) is 44.8 Å². The van der Waals surface area contributed by atoms with Gasteiger partial charge in [0.1, 0.15) is 0 Å². The maximum atomic E-state index is 5.66. The molecule has 0 atom stereocenters. The maximum Gasteiger partial charge on any atom is 0.191 e. The van der Waals surface area contributed by atoms with E-state index in [1.54, 1.807) is 0 Å². The zero-order valence-electron chi connectivity index (χ0n) is 17.7. The Labute approximate surface area is 201 Å². The summed E-state index contributed by atoms with van der Waals surface area (Å²) >= 11 is 1.83. The summed E-state index contributed by atoms with van der Waals surface area (Å²) in [6.45, 7) is 4.72. The van der Waals surface area contributed by atoms with Crippen LogP contribution in [0.5, 0.6) is 0 Å².